The Kier molecular flexibility index (Phi) is 3.88. The molecular weight excluding hydrogens is 243 g/mol. The molecule has 1 amide bonds. The third kappa shape index (κ3) is 3.07. The number of nitro benzene ring substituents is 1. The minimum Gasteiger partial charge on any atom is -0.319 e. The number of carbonyl (C=O) groups excluding carboxylic acids is 1. The Morgan fingerprint density at radius 2 is 2.20 bits per heavy atom. The molecule has 0 saturated carbocycles. The van der Waals surface area contributed by atoms with E-state index in [2.05, 4.69) is 5.32 Å². The van der Waals surface area contributed by atoms with Gasteiger partial charge in [-0.2, -0.15) is 0 Å². The van der Waals surface area contributed by atoms with Gasteiger partial charge in [0.25, 0.3) is 5.69 Å². The fraction of sp³-hybridized carbons (Fsp3) is 0.125. The van der Waals surface area contributed by atoms with Crippen LogP contribution in [0.4, 0.5) is 11.4 Å². The quantitative estimate of drug-likeness (QED) is 0.508. The number of nitrogens with zero attached hydrogens (tertiary/aromatic N) is 1. The normalized spacial score (nSPS) is 9.73. The Hall–Kier alpha value is -1.33. The minimum atomic E-state index is -0.611. The van der Waals surface area contributed by atoms with E-state index in [9.17, 15) is 14.9 Å². The van der Waals surface area contributed by atoms with Gasteiger partial charge in [-0.1, -0.05) is 11.6 Å². The average molecular weight is 249 g/mol. The fourth-order valence-corrected chi connectivity index (χ4v) is 1.19. The Balaban J connectivity index is 3.07. The third-order valence-corrected chi connectivity index (χ3v) is 2.03. The zero-order valence-electron chi connectivity index (χ0n) is 7.37. The molecule has 0 bridgehead atoms. The predicted molar refractivity (Wildman–Crippen MR) is 57.5 cm³/mol. The maximum atomic E-state index is 11.0. The number of rotatable bonds is 3. The summed E-state index contributed by atoms with van der Waals surface area (Å²) < 4.78 is 0. The number of anilines is 1. The van der Waals surface area contributed by atoms with E-state index in [0.29, 0.717) is 5.02 Å². The fourth-order valence-electron chi connectivity index (χ4n) is 0.951. The molecule has 0 saturated heterocycles. The molecule has 5 nitrogen and oxygen atoms in total. The maximum Gasteiger partial charge on any atom is 0.292 e. The Bertz CT molecular complexity index is 409. The summed E-state index contributed by atoms with van der Waals surface area (Å²) in [5.74, 6) is -0.800. The molecule has 0 unspecified atom stereocenters. The summed E-state index contributed by atoms with van der Waals surface area (Å²) >= 11 is 10.9. The van der Waals surface area contributed by atoms with Gasteiger partial charge in [0.2, 0.25) is 5.91 Å². The lowest BCUT2D eigenvalue weighted by Crippen LogP contribution is -2.13. The van der Waals surface area contributed by atoms with Gasteiger partial charge in [-0.15, -0.1) is 11.6 Å². The van der Waals surface area contributed by atoms with Gasteiger partial charge < -0.3 is 5.32 Å². The molecule has 15 heavy (non-hydrogen) atoms. The van der Waals surface area contributed by atoms with Crippen LogP contribution in [-0.4, -0.2) is 16.7 Å². The first kappa shape index (κ1) is 11.7. The highest BCUT2D eigenvalue weighted by molar-refractivity contribution is 6.31. The third-order valence-electron chi connectivity index (χ3n) is 1.55. The zero-order chi connectivity index (χ0) is 11.4. The van der Waals surface area contributed by atoms with Crippen molar-refractivity contribution < 1.29 is 9.72 Å². The molecule has 0 radical (unpaired) electrons. The standard InChI is InChI=1S/C8H6Cl2N2O3/c9-4-8(13)11-6-3-5(10)1-2-7(6)12(14)15/h1-3H,4H2,(H,11,13). The van der Waals surface area contributed by atoms with E-state index in [4.69, 9.17) is 23.2 Å². The highest BCUT2D eigenvalue weighted by Crippen LogP contribution is 2.27. The van der Waals surface area contributed by atoms with E-state index in [1.807, 2.05) is 0 Å². The lowest BCUT2D eigenvalue weighted by atomic mass is 10.2. The van der Waals surface area contributed by atoms with Gasteiger partial charge in [0.05, 0.1) is 4.92 Å². The van der Waals surface area contributed by atoms with Crippen LogP contribution in [0.1, 0.15) is 0 Å². The first-order valence-electron chi connectivity index (χ1n) is 3.84. The molecule has 1 aromatic carbocycles. The van der Waals surface area contributed by atoms with Crippen LogP contribution in [-0.2, 0) is 4.79 Å². The van der Waals surface area contributed by atoms with Crippen LogP contribution < -0.4 is 5.32 Å². The van der Waals surface area contributed by atoms with Crippen molar-refractivity contribution in [3.63, 3.8) is 0 Å². The van der Waals surface area contributed by atoms with Crippen molar-refractivity contribution in [2.45, 2.75) is 0 Å². The number of hydrogen-bond acceptors (Lipinski definition) is 3. The van der Waals surface area contributed by atoms with Gasteiger partial charge in [-0.05, 0) is 12.1 Å². The van der Waals surface area contributed by atoms with Crippen LogP contribution in [0.15, 0.2) is 18.2 Å². The number of carbonyl (C=O) groups is 1. The summed E-state index contributed by atoms with van der Waals surface area (Å²) in [7, 11) is 0. The van der Waals surface area contributed by atoms with Crippen LogP contribution in [0, 0.1) is 10.1 Å². The van der Waals surface area contributed by atoms with E-state index >= 15 is 0 Å². The molecule has 1 N–H and O–H groups in total. The number of nitrogens with one attached hydrogen (secondary N) is 1. The smallest absolute Gasteiger partial charge is 0.292 e. The summed E-state index contributed by atoms with van der Waals surface area (Å²) in [6.45, 7) is 0. The van der Waals surface area contributed by atoms with Gasteiger partial charge >= 0.3 is 0 Å². The first-order valence-corrected chi connectivity index (χ1v) is 4.75. The molecule has 0 spiro atoms. The minimum absolute atomic E-state index is 0.0400. The number of benzene rings is 1. The van der Waals surface area contributed by atoms with Crippen LogP contribution in [0.5, 0.6) is 0 Å². The molecule has 80 valence electrons. The highest BCUT2D eigenvalue weighted by Gasteiger charge is 2.15. The molecule has 0 atom stereocenters. The highest BCUT2D eigenvalue weighted by atomic mass is 35.5. The van der Waals surface area contributed by atoms with E-state index in [0.717, 1.165) is 0 Å². The summed E-state index contributed by atoms with van der Waals surface area (Å²) in [4.78, 5) is 20.9. The summed E-state index contributed by atoms with van der Waals surface area (Å²) in [5.41, 5.74) is -0.184. The molecule has 0 aliphatic rings. The topological polar surface area (TPSA) is 72.2 Å². The molecule has 1 rings (SSSR count). The zero-order valence-corrected chi connectivity index (χ0v) is 8.88. The summed E-state index contributed by atoms with van der Waals surface area (Å²) in [6, 6.07) is 3.88. The SMILES string of the molecule is O=C(CCl)Nc1cc(Cl)ccc1[N+](=O)[O-]. The van der Waals surface area contributed by atoms with Crippen LogP contribution >= 0.6 is 23.2 Å². The van der Waals surface area contributed by atoms with Crippen molar-refractivity contribution in [1.82, 2.24) is 0 Å². The van der Waals surface area contributed by atoms with Crippen LogP contribution in [0.2, 0.25) is 5.02 Å². The van der Waals surface area contributed by atoms with Crippen molar-refractivity contribution in [2.75, 3.05) is 11.2 Å². The largest absolute Gasteiger partial charge is 0.319 e. The number of hydrogen-bond donors (Lipinski definition) is 1. The Labute approximate surface area is 95.1 Å². The van der Waals surface area contributed by atoms with E-state index in [-0.39, 0.29) is 17.3 Å². The van der Waals surface area contributed by atoms with Crippen molar-refractivity contribution in [3.05, 3.63) is 33.3 Å². The Morgan fingerprint density at radius 1 is 1.53 bits per heavy atom. The van der Waals surface area contributed by atoms with Gasteiger partial charge in [-0.25, -0.2) is 0 Å². The van der Waals surface area contributed by atoms with Gasteiger partial charge in [0.1, 0.15) is 11.6 Å². The first-order chi connectivity index (χ1) is 7.04. The van der Waals surface area contributed by atoms with Crippen molar-refractivity contribution >= 4 is 40.5 Å². The second-order valence-corrected chi connectivity index (χ2v) is 3.30. The van der Waals surface area contributed by atoms with E-state index < -0.39 is 10.8 Å². The molecule has 1 aromatic rings. The van der Waals surface area contributed by atoms with E-state index in [1.165, 1.54) is 18.2 Å². The number of amides is 1. The van der Waals surface area contributed by atoms with Gasteiger partial charge in [0, 0.05) is 11.1 Å². The van der Waals surface area contributed by atoms with Crippen molar-refractivity contribution in [3.8, 4) is 0 Å². The number of halogens is 2. The number of nitro groups is 1. The lowest BCUT2D eigenvalue weighted by molar-refractivity contribution is -0.383. The number of alkyl halides is 1. The van der Waals surface area contributed by atoms with Gasteiger partial charge in [0.15, 0.2) is 0 Å². The lowest BCUT2D eigenvalue weighted by Gasteiger charge is -2.04. The average Bonchev–Trinajstić information content (AvgIpc) is 2.17. The second-order valence-electron chi connectivity index (χ2n) is 2.60. The molecule has 7 heteroatoms. The molecular formula is C8H6Cl2N2O3. The summed E-state index contributed by atoms with van der Waals surface area (Å²) in [5, 5.41) is 13.2. The maximum absolute atomic E-state index is 11.0. The molecule has 0 aliphatic heterocycles. The second kappa shape index (κ2) is 4.95. The predicted octanol–water partition coefficient (Wildman–Crippen LogP) is 2.43. The monoisotopic (exact) mass is 248 g/mol. The molecule has 0 aromatic heterocycles. The molecule has 0 heterocycles. The molecule has 0 aliphatic carbocycles. The van der Waals surface area contributed by atoms with Crippen LogP contribution in [0.25, 0.3) is 0 Å². The Morgan fingerprint density at radius 3 is 2.73 bits per heavy atom. The van der Waals surface area contributed by atoms with Crippen molar-refractivity contribution in [1.29, 1.82) is 0 Å². The summed E-state index contributed by atoms with van der Waals surface area (Å²) in [6.07, 6.45) is 0. The van der Waals surface area contributed by atoms with Crippen molar-refractivity contribution in [2.24, 2.45) is 0 Å². The van der Waals surface area contributed by atoms with E-state index in [1.54, 1.807) is 0 Å². The molecule has 0 fully saturated rings. The van der Waals surface area contributed by atoms with Crippen LogP contribution in [0.3, 0.4) is 0 Å². The van der Waals surface area contributed by atoms with Gasteiger partial charge in [-0.3, -0.25) is 14.9 Å².